The molecule has 1 aliphatic heterocycles. The van der Waals surface area contributed by atoms with Gasteiger partial charge in [-0.2, -0.15) is 4.31 Å². The molecular weight excluding hydrogens is 236 g/mol. The van der Waals surface area contributed by atoms with Crippen molar-refractivity contribution < 1.29 is 8.42 Å². The van der Waals surface area contributed by atoms with Crippen molar-refractivity contribution >= 4 is 10.0 Å². The van der Waals surface area contributed by atoms with Crippen LogP contribution in [0.25, 0.3) is 0 Å². The SMILES string of the molecule is CCCS(=O)(=O)N1CCCC1c1ccccn1. The minimum absolute atomic E-state index is 0.0623. The van der Waals surface area contributed by atoms with E-state index in [2.05, 4.69) is 4.98 Å². The minimum atomic E-state index is -3.11. The molecule has 17 heavy (non-hydrogen) atoms. The Morgan fingerprint density at radius 2 is 2.29 bits per heavy atom. The Bertz CT molecular complexity index is 459. The predicted octanol–water partition coefficient (Wildman–Crippen LogP) is 1.96. The van der Waals surface area contributed by atoms with Crippen molar-refractivity contribution in [1.29, 1.82) is 0 Å². The van der Waals surface area contributed by atoms with Crippen molar-refractivity contribution in [2.24, 2.45) is 0 Å². The molecule has 1 aliphatic rings. The van der Waals surface area contributed by atoms with Gasteiger partial charge in [0.15, 0.2) is 0 Å². The fourth-order valence-corrected chi connectivity index (χ4v) is 4.08. The van der Waals surface area contributed by atoms with Crippen LogP contribution in [0.1, 0.15) is 37.9 Å². The molecule has 0 bridgehead atoms. The zero-order chi connectivity index (χ0) is 12.3. The van der Waals surface area contributed by atoms with Gasteiger partial charge >= 0.3 is 0 Å². The summed E-state index contributed by atoms with van der Waals surface area (Å²) in [5, 5.41) is 0. The maximum atomic E-state index is 12.1. The molecule has 94 valence electrons. The highest BCUT2D eigenvalue weighted by molar-refractivity contribution is 7.89. The highest BCUT2D eigenvalue weighted by atomic mass is 32.2. The van der Waals surface area contributed by atoms with Crippen LogP contribution in [-0.4, -0.2) is 30.0 Å². The summed E-state index contributed by atoms with van der Waals surface area (Å²) >= 11 is 0. The van der Waals surface area contributed by atoms with E-state index in [0.717, 1.165) is 18.5 Å². The number of nitrogens with zero attached hydrogens (tertiary/aromatic N) is 2. The van der Waals surface area contributed by atoms with Gasteiger partial charge < -0.3 is 0 Å². The number of hydrogen-bond acceptors (Lipinski definition) is 3. The Morgan fingerprint density at radius 3 is 2.94 bits per heavy atom. The van der Waals surface area contributed by atoms with Crippen LogP contribution in [0.3, 0.4) is 0 Å². The summed E-state index contributed by atoms with van der Waals surface area (Å²) in [6.45, 7) is 2.52. The second-order valence-electron chi connectivity index (χ2n) is 4.34. The van der Waals surface area contributed by atoms with Crippen molar-refractivity contribution in [3.8, 4) is 0 Å². The van der Waals surface area contributed by atoms with Gasteiger partial charge in [-0.15, -0.1) is 0 Å². The third-order valence-corrected chi connectivity index (χ3v) is 5.13. The van der Waals surface area contributed by atoms with Crippen LogP contribution in [-0.2, 0) is 10.0 Å². The first kappa shape index (κ1) is 12.5. The number of sulfonamides is 1. The summed E-state index contributed by atoms with van der Waals surface area (Å²) in [4.78, 5) is 4.28. The molecule has 0 N–H and O–H groups in total. The summed E-state index contributed by atoms with van der Waals surface area (Å²) in [5.74, 6) is 0.232. The highest BCUT2D eigenvalue weighted by Crippen LogP contribution is 2.33. The molecule has 5 heteroatoms. The van der Waals surface area contributed by atoms with Gasteiger partial charge in [-0.1, -0.05) is 13.0 Å². The third kappa shape index (κ3) is 2.66. The molecule has 0 aromatic carbocycles. The molecule has 0 spiro atoms. The molecule has 1 atom stereocenters. The predicted molar refractivity (Wildman–Crippen MR) is 67.0 cm³/mol. The molecular formula is C12H18N2O2S. The first-order chi connectivity index (χ1) is 8.15. The van der Waals surface area contributed by atoms with Gasteiger partial charge in [-0.05, 0) is 31.4 Å². The molecule has 1 aromatic rings. The van der Waals surface area contributed by atoms with E-state index in [1.54, 1.807) is 10.5 Å². The van der Waals surface area contributed by atoms with Crippen molar-refractivity contribution in [3.63, 3.8) is 0 Å². The number of pyridine rings is 1. The zero-order valence-corrected chi connectivity index (χ0v) is 10.9. The molecule has 1 fully saturated rings. The molecule has 4 nitrogen and oxygen atoms in total. The maximum absolute atomic E-state index is 12.1. The smallest absolute Gasteiger partial charge is 0.214 e. The summed E-state index contributed by atoms with van der Waals surface area (Å²) in [7, 11) is -3.11. The van der Waals surface area contributed by atoms with Crippen molar-refractivity contribution in [2.45, 2.75) is 32.2 Å². The second-order valence-corrected chi connectivity index (χ2v) is 6.38. The third-order valence-electron chi connectivity index (χ3n) is 3.05. The molecule has 0 aliphatic carbocycles. The van der Waals surface area contributed by atoms with Gasteiger partial charge in [0.1, 0.15) is 0 Å². The van der Waals surface area contributed by atoms with E-state index < -0.39 is 10.0 Å². The molecule has 2 rings (SSSR count). The Kier molecular flexibility index (Phi) is 3.79. The second kappa shape index (κ2) is 5.14. The van der Waals surface area contributed by atoms with Crippen LogP contribution >= 0.6 is 0 Å². The zero-order valence-electron chi connectivity index (χ0n) is 10.0. The molecule has 0 saturated carbocycles. The van der Waals surface area contributed by atoms with Crippen LogP contribution in [0.2, 0.25) is 0 Å². The van der Waals surface area contributed by atoms with E-state index in [9.17, 15) is 8.42 Å². The van der Waals surface area contributed by atoms with E-state index >= 15 is 0 Å². The van der Waals surface area contributed by atoms with Crippen LogP contribution < -0.4 is 0 Å². The Balaban J connectivity index is 2.24. The lowest BCUT2D eigenvalue weighted by molar-refractivity contribution is 0.390. The van der Waals surface area contributed by atoms with Crippen molar-refractivity contribution in [3.05, 3.63) is 30.1 Å². The van der Waals surface area contributed by atoms with Crippen molar-refractivity contribution in [1.82, 2.24) is 9.29 Å². The Morgan fingerprint density at radius 1 is 1.47 bits per heavy atom. The molecule has 2 heterocycles. The molecule has 1 aromatic heterocycles. The number of rotatable bonds is 4. The lowest BCUT2D eigenvalue weighted by Gasteiger charge is -2.23. The first-order valence-corrected chi connectivity index (χ1v) is 7.66. The monoisotopic (exact) mass is 254 g/mol. The molecule has 0 radical (unpaired) electrons. The van der Waals surface area contributed by atoms with Gasteiger partial charge in [0.25, 0.3) is 0 Å². The normalized spacial score (nSPS) is 21.8. The standard InChI is InChI=1S/C12H18N2O2S/c1-2-10-17(15,16)14-9-5-7-12(14)11-6-3-4-8-13-11/h3-4,6,8,12H,2,5,7,9-10H2,1H3. The van der Waals surface area contributed by atoms with Gasteiger partial charge in [0, 0.05) is 12.7 Å². The van der Waals surface area contributed by atoms with E-state index in [4.69, 9.17) is 0 Å². The quantitative estimate of drug-likeness (QED) is 0.825. The fraction of sp³-hybridized carbons (Fsp3) is 0.583. The topological polar surface area (TPSA) is 50.3 Å². The lowest BCUT2D eigenvalue weighted by atomic mass is 10.1. The van der Waals surface area contributed by atoms with E-state index in [-0.39, 0.29) is 11.8 Å². The maximum Gasteiger partial charge on any atom is 0.214 e. The van der Waals surface area contributed by atoms with Crippen LogP contribution in [0.4, 0.5) is 0 Å². The van der Waals surface area contributed by atoms with Crippen LogP contribution in [0.5, 0.6) is 0 Å². The number of aromatic nitrogens is 1. The van der Waals surface area contributed by atoms with E-state index in [1.807, 2.05) is 25.1 Å². The minimum Gasteiger partial charge on any atom is -0.260 e. The van der Waals surface area contributed by atoms with E-state index in [0.29, 0.717) is 13.0 Å². The summed E-state index contributed by atoms with van der Waals surface area (Å²) in [6, 6.07) is 5.60. The average molecular weight is 254 g/mol. The molecule has 1 saturated heterocycles. The fourth-order valence-electron chi connectivity index (χ4n) is 2.32. The highest BCUT2D eigenvalue weighted by Gasteiger charge is 2.34. The largest absolute Gasteiger partial charge is 0.260 e. The summed E-state index contributed by atoms with van der Waals surface area (Å²) in [6.07, 6.45) is 4.18. The van der Waals surface area contributed by atoms with Gasteiger partial charge in [-0.25, -0.2) is 8.42 Å². The van der Waals surface area contributed by atoms with Crippen molar-refractivity contribution in [2.75, 3.05) is 12.3 Å². The van der Waals surface area contributed by atoms with Gasteiger partial charge in [0.05, 0.1) is 17.5 Å². The Hall–Kier alpha value is -0.940. The Labute approximate surface area is 103 Å². The molecule has 0 amide bonds. The van der Waals surface area contributed by atoms with Gasteiger partial charge in [0.2, 0.25) is 10.0 Å². The van der Waals surface area contributed by atoms with Crippen LogP contribution in [0, 0.1) is 0 Å². The summed E-state index contributed by atoms with van der Waals surface area (Å²) < 4.78 is 25.9. The first-order valence-electron chi connectivity index (χ1n) is 6.05. The van der Waals surface area contributed by atoms with Crippen LogP contribution in [0.15, 0.2) is 24.4 Å². The number of hydrogen-bond donors (Lipinski definition) is 0. The lowest BCUT2D eigenvalue weighted by Crippen LogP contribution is -2.32. The van der Waals surface area contributed by atoms with Gasteiger partial charge in [-0.3, -0.25) is 4.98 Å². The van der Waals surface area contributed by atoms with E-state index in [1.165, 1.54) is 0 Å². The molecule has 1 unspecified atom stereocenters. The summed E-state index contributed by atoms with van der Waals surface area (Å²) in [5.41, 5.74) is 0.865. The average Bonchev–Trinajstić information content (AvgIpc) is 2.79.